The van der Waals surface area contributed by atoms with Gasteiger partial charge in [-0.05, 0) is 43.3 Å². The fraction of sp³-hybridized carbons (Fsp3) is 0.300. The van der Waals surface area contributed by atoms with E-state index in [1.807, 2.05) is 58.0 Å². The van der Waals surface area contributed by atoms with Crippen molar-refractivity contribution in [1.82, 2.24) is 0 Å². The van der Waals surface area contributed by atoms with Crippen LogP contribution in [0.25, 0.3) is 0 Å². The van der Waals surface area contributed by atoms with Gasteiger partial charge in [0.15, 0.2) is 0 Å². The summed E-state index contributed by atoms with van der Waals surface area (Å²) in [5.74, 6) is -0.113. The molecule has 0 atom stereocenters. The van der Waals surface area contributed by atoms with Crippen LogP contribution in [0.1, 0.15) is 38.1 Å². The lowest BCUT2D eigenvalue weighted by Crippen LogP contribution is -2.30. The molecule has 0 aliphatic carbocycles. The summed E-state index contributed by atoms with van der Waals surface area (Å²) in [4.78, 5) is 26.4. The molecule has 24 heavy (non-hydrogen) atoms. The van der Waals surface area contributed by atoms with Crippen LogP contribution in [0.5, 0.6) is 0 Å². The lowest BCUT2D eigenvalue weighted by Gasteiger charge is -2.21. The highest BCUT2D eigenvalue weighted by atomic mass is 16.2. The third-order valence-corrected chi connectivity index (χ3v) is 3.70. The quantitative estimate of drug-likeness (QED) is 0.909. The van der Waals surface area contributed by atoms with Crippen molar-refractivity contribution in [1.29, 1.82) is 0 Å². The molecule has 0 aliphatic rings. The summed E-state index contributed by atoms with van der Waals surface area (Å²) in [7, 11) is 0. The Morgan fingerprint density at radius 1 is 0.958 bits per heavy atom. The minimum atomic E-state index is -0.458. The van der Waals surface area contributed by atoms with E-state index in [9.17, 15) is 9.59 Å². The number of nitrogens with zero attached hydrogens (tertiary/aromatic N) is 1. The Bertz CT molecular complexity index is 701. The highest BCUT2D eigenvalue weighted by molar-refractivity contribution is 6.06. The van der Waals surface area contributed by atoms with Gasteiger partial charge in [-0.15, -0.1) is 0 Å². The fourth-order valence-electron chi connectivity index (χ4n) is 2.22. The van der Waals surface area contributed by atoms with Crippen molar-refractivity contribution in [2.45, 2.75) is 27.7 Å². The summed E-state index contributed by atoms with van der Waals surface area (Å²) >= 11 is 0. The van der Waals surface area contributed by atoms with Crippen LogP contribution in [0.15, 0.2) is 54.6 Å². The third-order valence-electron chi connectivity index (χ3n) is 3.70. The number of amides is 2. The minimum Gasteiger partial charge on any atom is -0.326 e. The Kier molecular flexibility index (Phi) is 5.39. The molecule has 0 heterocycles. The Hall–Kier alpha value is -2.62. The standard InChI is InChI=1S/C20H24N2O2/c1-5-22(17-9-7-6-8-10-17)18(23)15-11-13-16(14-12-15)21-19(24)20(2,3)4/h6-14H,5H2,1-4H3,(H,21,24). The molecule has 0 bridgehead atoms. The first-order chi connectivity index (χ1) is 11.3. The van der Waals surface area contributed by atoms with Crippen molar-refractivity contribution in [2.24, 2.45) is 5.41 Å². The molecule has 0 fully saturated rings. The maximum absolute atomic E-state index is 12.7. The monoisotopic (exact) mass is 324 g/mol. The van der Waals surface area contributed by atoms with Crippen molar-refractivity contribution in [2.75, 3.05) is 16.8 Å². The van der Waals surface area contributed by atoms with Crippen LogP contribution in [-0.4, -0.2) is 18.4 Å². The maximum Gasteiger partial charge on any atom is 0.258 e. The SMILES string of the molecule is CCN(C(=O)c1ccc(NC(=O)C(C)(C)C)cc1)c1ccccc1. The smallest absolute Gasteiger partial charge is 0.258 e. The van der Waals surface area contributed by atoms with E-state index in [0.717, 1.165) is 5.69 Å². The number of hydrogen-bond acceptors (Lipinski definition) is 2. The van der Waals surface area contributed by atoms with Crippen LogP contribution in [0.3, 0.4) is 0 Å². The first kappa shape index (κ1) is 17.7. The van der Waals surface area contributed by atoms with Gasteiger partial charge >= 0.3 is 0 Å². The van der Waals surface area contributed by atoms with E-state index in [0.29, 0.717) is 17.8 Å². The molecular formula is C20H24N2O2. The van der Waals surface area contributed by atoms with Crippen molar-refractivity contribution in [3.8, 4) is 0 Å². The molecular weight excluding hydrogens is 300 g/mol. The fourth-order valence-corrected chi connectivity index (χ4v) is 2.22. The Balaban J connectivity index is 2.15. The van der Waals surface area contributed by atoms with Gasteiger partial charge in [0.05, 0.1) is 0 Å². The van der Waals surface area contributed by atoms with Crippen LogP contribution in [0.2, 0.25) is 0 Å². The molecule has 0 saturated heterocycles. The largest absolute Gasteiger partial charge is 0.326 e. The minimum absolute atomic E-state index is 0.0546. The molecule has 0 saturated carbocycles. The Labute approximate surface area is 143 Å². The van der Waals surface area contributed by atoms with Gasteiger partial charge in [-0.3, -0.25) is 9.59 Å². The molecule has 2 amide bonds. The van der Waals surface area contributed by atoms with Crippen molar-refractivity contribution in [3.63, 3.8) is 0 Å². The zero-order chi connectivity index (χ0) is 17.7. The topological polar surface area (TPSA) is 49.4 Å². The summed E-state index contributed by atoms with van der Waals surface area (Å²) < 4.78 is 0. The number of para-hydroxylation sites is 1. The van der Waals surface area contributed by atoms with E-state index in [2.05, 4.69) is 5.32 Å². The predicted octanol–water partition coefficient (Wildman–Crippen LogP) is 4.34. The summed E-state index contributed by atoms with van der Waals surface area (Å²) in [6, 6.07) is 16.6. The molecule has 0 radical (unpaired) electrons. The van der Waals surface area contributed by atoms with E-state index >= 15 is 0 Å². The summed E-state index contributed by atoms with van der Waals surface area (Å²) in [6.45, 7) is 8.12. The number of carbonyl (C=O) groups is 2. The van der Waals surface area contributed by atoms with Crippen molar-refractivity contribution < 1.29 is 9.59 Å². The summed E-state index contributed by atoms with van der Waals surface area (Å²) in [6.07, 6.45) is 0. The van der Waals surface area contributed by atoms with E-state index < -0.39 is 5.41 Å². The van der Waals surface area contributed by atoms with Crippen LogP contribution >= 0.6 is 0 Å². The van der Waals surface area contributed by atoms with E-state index in [4.69, 9.17) is 0 Å². The van der Waals surface area contributed by atoms with Gasteiger partial charge in [0, 0.05) is 28.9 Å². The molecule has 0 aromatic heterocycles. The summed E-state index contributed by atoms with van der Waals surface area (Å²) in [5.41, 5.74) is 1.69. The maximum atomic E-state index is 12.7. The van der Waals surface area contributed by atoms with E-state index in [-0.39, 0.29) is 11.8 Å². The molecule has 0 spiro atoms. The highest BCUT2D eigenvalue weighted by Gasteiger charge is 2.21. The van der Waals surface area contributed by atoms with Crippen molar-refractivity contribution in [3.05, 3.63) is 60.2 Å². The average molecular weight is 324 g/mol. The second-order valence-electron chi connectivity index (χ2n) is 6.67. The zero-order valence-electron chi connectivity index (χ0n) is 14.7. The number of nitrogens with one attached hydrogen (secondary N) is 1. The average Bonchev–Trinajstić information content (AvgIpc) is 2.56. The second kappa shape index (κ2) is 7.30. The first-order valence-electron chi connectivity index (χ1n) is 8.11. The Morgan fingerprint density at radius 3 is 2.04 bits per heavy atom. The molecule has 4 nitrogen and oxygen atoms in total. The lowest BCUT2D eigenvalue weighted by molar-refractivity contribution is -0.123. The van der Waals surface area contributed by atoms with Crippen LogP contribution in [-0.2, 0) is 4.79 Å². The molecule has 2 rings (SSSR count). The van der Waals surface area contributed by atoms with Gasteiger partial charge in [0.1, 0.15) is 0 Å². The molecule has 1 N–H and O–H groups in total. The van der Waals surface area contributed by atoms with E-state index in [1.54, 1.807) is 29.2 Å². The Morgan fingerprint density at radius 2 is 1.54 bits per heavy atom. The number of rotatable bonds is 4. The van der Waals surface area contributed by atoms with Crippen LogP contribution in [0.4, 0.5) is 11.4 Å². The van der Waals surface area contributed by atoms with Gasteiger partial charge in [0.2, 0.25) is 5.91 Å². The third kappa shape index (κ3) is 4.22. The van der Waals surface area contributed by atoms with Gasteiger partial charge in [0.25, 0.3) is 5.91 Å². The molecule has 2 aromatic rings. The molecule has 126 valence electrons. The first-order valence-corrected chi connectivity index (χ1v) is 8.11. The van der Waals surface area contributed by atoms with Gasteiger partial charge in [-0.25, -0.2) is 0 Å². The number of hydrogen-bond donors (Lipinski definition) is 1. The second-order valence-corrected chi connectivity index (χ2v) is 6.67. The lowest BCUT2D eigenvalue weighted by atomic mass is 9.95. The van der Waals surface area contributed by atoms with E-state index in [1.165, 1.54) is 0 Å². The van der Waals surface area contributed by atoms with Crippen LogP contribution in [0, 0.1) is 5.41 Å². The highest BCUT2D eigenvalue weighted by Crippen LogP contribution is 2.20. The van der Waals surface area contributed by atoms with Gasteiger partial charge in [-0.1, -0.05) is 39.0 Å². The predicted molar refractivity (Wildman–Crippen MR) is 98.3 cm³/mol. The van der Waals surface area contributed by atoms with Gasteiger partial charge in [-0.2, -0.15) is 0 Å². The molecule has 0 unspecified atom stereocenters. The number of benzene rings is 2. The zero-order valence-corrected chi connectivity index (χ0v) is 14.7. The molecule has 2 aromatic carbocycles. The van der Waals surface area contributed by atoms with Gasteiger partial charge < -0.3 is 10.2 Å². The van der Waals surface area contributed by atoms with Crippen LogP contribution < -0.4 is 10.2 Å². The van der Waals surface area contributed by atoms with Crippen molar-refractivity contribution >= 4 is 23.2 Å². The number of carbonyl (C=O) groups excluding carboxylic acids is 2. The summed E-state index contributed by atoms with van der Waals surface area (Å²) in [5, 5.41) is 2.86. The molecule has 0 aliphatic heterocycles. The normalized spacial score (nSPS) is 11.0. The number of anilines is 2. The molecule has 4 heteroatoms.